The summed E-state index contributed by atoms with van der Waals surface area (Å²) in [6.45, 7) is 12.2. The molecule has 0 aliphatic heterocycles. The molecule has 0 spiro atoms. The highest BCUT2D eigenvalue weighted by Crippen LogP contribution is 2.68. The van der Waals surface area contributed by atoms with Crippen LogP contribution in [0.25, 0.3) is 0 Å². The number of hydrogen-bond donors (Lipinski definition) is 0. The van der Waals surface area contributed by atoms with Gasteiger partial charge in [0.25, 0.3) is 0 Å². The molecule has 0 aromatic carbocycles. The Morgan fingerprint density at radius 1 is 1.03 bits per heavy atom. The maximum Gasteiger partial charge on any atom is 0.246 e. The van der Waals surface area contributed by atoms with Crippen molar-refractivity contribution in [2.24, 2.45) is 46.3 Å². The SMILES string of the molecule is CC(C)CCC[C@@H](C)[C@H]1CC[C@H]2[C@@H]3CC([N+](=O)[O-])=C4CCCC[C@]4(C)[C@H]3CC[C@]12C. The fourth-order valence-corrected chi connectivity index (χ4v) is 9.03. The molecule has 0 unspecified atom stereocenters. The van der Waals surface area contributed by atoms with Crippen LogP contribution < -0.4 is 0 Å². The Morgan fingerprint density at radius 2 is 1.80 bits per heavy atom. The highest BCUT2D eigenvalue weighted by Gasteiger charge is 2.61. The molecule has 0 aromatic rings. The number of nitro groups is 1. The number of allylic oxidation sites excluding steroid dienone is 2. The zero-order valence-corrected chi connectivity index (χ0v) is 20.2. The van der Waals surface area contributed by atoms with Crippen molar-refractivity contribution in [1.82, 2.24) is 0 Å². The van der Waals surface area contributed by atoms with Gasteiger partial charge < -0.3 is 0 Å². The van der Waals surface area contributed by atoms with Crippen LogP contribution in [-0.2, 0) is 0 Å². The lowest BCUT2D eigenvalue weighted by atomic mass is 9.46. The lowest BCUT2D eigenvalue weighted by molar-refractivity contribution is -0.434. The van der Waals surface area contributed by atoms with Gasteiger partial charge in [0.1, 0.15) is 0 Å². The monoisotopic (exact) mass is 415 g/mol. The molecule has 30 heavy (non-hydrogen) atoms. The number of nitrogens with zero attached hydrogens (tertiary/aromatic N) is 1. The predicted octanol–water partition coefficient (Wildman–Crippen LogP) is 8.02. The quantitative estimate of drug-likeness (QED) is 0.325. The van der Waals surface area contributed by atoms with E-state index in [-0.39, 0.29) is 10.3 Å². The van der Waals surface area contributed by atoms with E-state index >= 15 is 0 Å². The minimum atomic E-state index is 0.0159. The molecule has 3 saturated carbocycles. The maximum absolute atomic E-state index is 12.1. The van der Waals surface area contributed by atoms with Crippen molar-refractivity contribution in [2.75, 3.05) is 0 Å². The summed E-state index contributed by atoms with van der Waals surface area (Å²) in [6.07, 6.45) is 14.7. The molecule has 0 radical (unpaired) electrons. The molecule has 3 fully saturated rings. The molecule has 3 nitrogen and oxygen atoms in total. The Bertz CT molecular complexity index is 697. The second-order valence-corrected chi connectivity index (χ2v) is 12.4. The Labute approximate surface area is 184 Å². The van der Waals surface area contributed by atoms with E-state index in [4.69, 9.17) is 0 Å². The van der Waals surface area contributed by atoms with Crippen molar-refractivity contribution in [3.05, 3.63) is 21.4 Å². The maximum atomic E-state index is 12.1. The van der Waals surface area contributed by atoms with E-state index in [0.29, 0.717) is 28.9 Å². The molecule has 170 valence electrons. The van der Waals surface area contributed by atoms with Crippen LogP contribution in [0.3, 0.4) is 0 Å². The molecule has 4 aliphatic carbocycles. The Hall–Kier alpha value is -0.860. The normalized spacial score (nSPS) is 41.9. The predicted molar refractivity (Wildman–Crippen MR) is 124 cm³/mol. The zero-order chi connectivity index (χ0) is 21.7. The van der Waals surface area contributed by atoms with E-state index in [1.165, 1.54) is 63.4 Å². The van der Waals surface area contributed by atoms with Gasteiger partial charge in [-0.2, -0.15) is 0 Å². The lowest BCUT2D eigenvalue weighted by Gasteiger charge is -2.57. The van der Waals surface area contributed by atoms with Crippen LogP contribution in [0, 0.1) is 56.5 Å². The van der Waals surface area contributed by atoms with E-state index < -0.39 is 0 Å². The van der Waals surface area contributed by atoms with Crippen LogP contribution in [0.5, 0.6) is 0 Å². The standard InChI is InChI=1S/C27H45NO2/c1-18(2)9-8-10-19(3)21-12-13-22-20-17-25(28(29)30)24-11-6-7-15-26(24,4)23(20)14-16-27(21,22)5/h18-23H,6-17H2,1-5H3/t19-,20+,21-,22+,23+,26-,27-/m1/s1. The van der Waals surface area contributed by atoms with Crippen molar-refractivity contribution in [2.45, 2.75) is 112 Å². The summed E-state index contributed by atoms with van der Waals surface area (Å²) < 4.78 is 0. The first-order valence-electron chi connectivity index (χ1n) is 13.1. The molecule has 0 heterocycles. The van der Waals surface area contributed by atoms with E-state index in [1.54, 1.807) is 0 Å². The molecule has 0 bridgehead atoms. The van der Waals surface area contributed by atoms with Gasteiger partial charge in [0.15, 0.2) is 0 Å². The fourth-order valence-electron chi connectivity index (χ4n) is 9.03. The molecule has 3 heteroatoms. The van der Waals surface area contributed by atoms with Gasteiger partial charge in [-0.05, 0) is 91.3 Å². The first kappa shape index (κ1) is 22.3. The van der Waals surface area contributed by atoms with Crippen molar-refractivity contribution in [3.8, 4) is 0 Å². The minimum Gasteiger partial charge on any atom is -0.259 e. The Morgan fingerprint density at radius 3 is 2.50 bits per heavy atom. The van der Waals surface area contributed by atoms with Crippen LogP contribution in [0.1, 0.15) is 112 Å². The van der Waals surface area contributed by atoms with Crippen LogP contribution >= 0.6 is 0 Å². The molecule has 4 rings (SSSR count). The summed E-state index contributed by atoms with van der Waals surface area (Å²) in [5.41, 5.74) is 2.39. The van der Waals surface area contributed by atoms with Crippen LogP contribution in [0.15, 0.2) is 11.3 Å². The average molecular weight is 416 g/mol. The highest BCUT2D eigenvalue weighted by molar-refractivity contribution is 5.27. The Kier molecular flexibility index (Phi) is 6.14. The third-order valence-electron chi connectivity index (χ3n) is 10.5. The van der Waals surface area contributed by atoms with Crippen molar-refractivity contribution < 1.29 is 4.92 Å². The molecule has 0 aromatic heterocycles. The van der Waals surface area contributed by atoms with E-state index in [0.717, 1.165) is 37.0 Å². The fraction of sp³-hybridized carbons (Fsp3) is 0.926. The molecule has 0 amide bonds. The lowest BCUT2D eigenvalue weighted by Crippen LogP contribution is -2.51. The molecule has 7 atom stereocenters. The third kappa shape index (κ3) is 3.56. The topological polar surface area (TPSA) is 43.1 Å². The Balaban J connectivity index is 1.57. The van der Waals surface area contributed by atoms with E-state index in [1.807, 2.05) is 0 Å². The third-order valence-corrected chi connectivity index (χ3v) is 10.5. The van der Waals surface area contributed by atoms with Gasteiger partial charge in [-0.1, -0.05) is 60.3 Å². The first-order valence-corrected chi connectivity index (χ1v) is 13.1. The van der Waals surface area contributed by atoms with Gasteiger partial charge in [-0.3, -0.25) is 10.1 Å². The molecule has 0 N–H and O–H groups in total. The van der Waals surface area contributed by atoms with Crippen molar-refractivity contribution in [3.63, 3.8) is 0 Å². The largest absolute Gasteiger partial charge is 0.259 e. The van der Waals surface area contributed by atoms with Gasteiger partial charge in [0, 0.05) is 12.0 Å². The van der Waals surface area contributed by atoms with Gasteiger partial charge in [-0.25, -0.2) is 0 Å². The van der Waals surface area contributed by atoms with E-state index in [9.17, 15) is 10.1 Å². The number of fused-ring (bicyclic) bond motifs is 5. The summed E-state index contributed by atoms with van der Waals surface area (Å²) in [4.78, 5) is 12.1. The second-order valence-electron chi connectivity index (χ2n) is 12.4. The van der Waals surface area contributed by atoms with Crippen LogP contribution in [0.2, 0.25) is 0 Å². The van der Waals surface area contributed by atoms with Crippen molar-refractivity contribution in [1.29, 1.82) is 0 Å². The molecular formula is C27H45NO2. The van der Waals surface area contributed by atoms with E-state index in [2.05, 4.69) is 34.6 Å². The van der Waals surface area contributed by atoms with Gasteiger partial charge in [-0.15, -0.1) is 0 Å². The first-order chi connectivity index (χ1) is 14.2. The molecule has 0 saturated heterocycles. The summed E-state index contributed by atoms with van der Waals surface area (Å²) in [5.74, 6) is 4.35. The summed E-state index contributed by atoms with van der Waals surface area (Å²) in [6, 6.07) is 0. The van der Waals surface area contributed by atoms with Gasteiger partial charge in [0.05, 0.1) is 4.92 Å². The van der Waals surface area contributed by atoms with Crippen LogP contribution in [-0.4, -0.2) is 4.92 Å². The minimum absolute atomic E-state index is 0.0159. The number of rotatable bonds is 6. The zero-order valence-electron chi connectivity index (χ0n) is 20.2. The highest BCUT2D eigenvalue weighted by atomic mass is 16.6. The van der Waals surface area contributed by atoms with Gasteiger partial charge in [0.2, 0.25) is 5.70 Å². The summed E-state index contributed by atoms with van der Waals surface area (Å²) in [7, 11) is 0. The van der Waals surface area contributed by atoms with Crippen LogP contribution in [0.4, 0.5) is 0 Å². The average Bonchev–Trinajstić information content (AvgIpc) is 3.03. The summed E-state index contributed by atoms with van der Waals surface area (Å²) >= 11 is 0. The van der Waals surface area contributed by atoms with Gasteiger partial charge >= 0.3 is 0 Å². The molecular weight excluding hydrogens is 370 g/mol. The molecule has 4 aliphatic rings. The smallest absolute Gasteiger partial charge is 0.246 e. The number of hydrogen-bond acceptors (Lipinski definition) is 2. The van der Waals surface area contributed by atoms with Crippen molar-refractivity contribution >= 4 is 0 Å². The second kappa shape index (κ2) is 8.24. The summed E-state index contributed by atoms with van der Waals surface area (Å²) in [5, 5.41) is 12.1.